The number of hydrogen-bond donors (Lipinski definition) is 2. The Morgan fingerprint density at radius 1 is 1.30 bits per heavy atom. The molecule has 1 aliphatic carbocycles. The molecule has 0 atom stereocenters. The smallest absolute Gasteiger partial charge is 0.310 e. The first-order chi connectivity index (χ1) is 9.27. The Morgan fingerprint density at radius 2 is 1.95 bits per heavy atom. The molecule has 1 aliphatic rings. The Balaban J connectivity index is 2.15. The number of carbonyl (C=O) groups is 1. The average Bonchev–Trinajstić information content (AvgIpc) is 2.30. The molecule has 0 heterocycles. The second kappa shape index (κ2) is 5.10. The van der Waals surface area contributed by atoms with E-state index in [1.54, 1.807) is 0 Å². The second-order valence-corrected chi connectivity index (χ2v) is 6.61. The summed E-state index contributed by atoms with van der Waals surface area (Å²) in [5.41, 5.74) is -1.09. The highest BCUT2D eigenvalue weighted by Crippen LogP contribution is 2.40. The van der Waals surface area contributed by atoms with Crippen LogP contribution in [0.2, 0.25) is 0 Å². The molecule has 1 fully saturated rings. The summed E-state index contributed by atoms with van der Waals surface area (Å²) in [5, 5.41) is 9.09. The van der Waals surface area contributed by atoms with Gasteiger partial charge in [-0.15, -0.1) is 0 Å². The van der Waals surface area contributed by atoms with E-state index >= 15 is 0 Å². The first kappa shape index (κ1) is 14.9. The van der Waals surface area contributed by atoms with E-state index in [-0.39, 0.29) is 6.54 Å². The molecule has 2 N–H and O–H groups in total. The van der Waals surface area contributed by atoms with Gasteiger partial charge >= 0.3 is 5.97 Å². The third-order valence-electron chi connectivity index (χ3n) is 3.57. The minimum atomic E-state index is -4.06. The molecule has 0 aromatic heterocycles. The van der Waals surface area contributed by atoms with Gasteiger partial charge in [-0.05, 0) is 31.0 Å². The van der Waals surface area contributed by atoms with Crippen molar-refractivity contribution in [2.24, 2.45) is 5.41 Å². The molecule has 1 saturated carbocycles. The van der Waals surface area contributed by atoms with Crippen LogP contribution in [0.1, 0.15) is 19.3 Å². The first-order valence-corrected chi connectivity index (χ1v) is 7.43. The van der Waals surface area contributed by atoms with E-state index in [1.165, 1.54) is 0 Å². The molecule has 1 aromatic rings. The van der Waals surface area contributed by atoms with Crippen molar-refractivity contribution in [2.45, 2.75) is 24.2 Å². The van der Waals surface area contributed by atoms with Crippen LogP contribution in [0.25, 0.3) is 0 Å². The first-order valence-electron chi connectivity index (χ1n) is 5.95. The van der Waals surface area contributed by atoms with Crippen LogP contribution in [0.15, 0.2) is 23.1 Å². The zero-order valence-corrected chi connectivity index (χ0v) is 11.2. The minimum Gasteiger partial charge on any atom is -0.481 e. The zero-order valence-electron chi connectivity index (χ0n) is 10.4. The fourth-order valence-electron chi connectivity index (χ4n) is 2.03. The predicted molar refractivity (Wildman–Crippen MR) is 65.5 cm³/mol. The van der Waals surface area contributed by atoms with Gasteiger partial charge in [0.05, 0.1) is 10.3 Å². The number of benzene rings is 1. The number of halogens is 2. The van der Waals surface area contributed by atoms with Gasteiger partial charge < -0.3 is 5.11 Å². The fourth-order valence-corrected chi connectivity index (χ4v) is 3.17. The van der Waals surface area contributed by atoms with Crippen LogP contribution in [0.3, 0.4) is 0 Å². The molecule has 20 heavy (non-hydrogen) atoms. The molecule has 0 radical (unpaired) electrons. The summed E-state index contributed by atoms with van der Waals surface area (Å²) < 4.78 is 51.8. The summed E-state index contributed by atoms with van der Waals surface area (Å²) >= 11 is 0. The maximum Gasteiger partial charge on any atom is 0.310 e. The van der Waals surface area contributed by atoms with E-state index in [1.807, 2.05) is 0 Å². The van der Waals surface area contributed by atoms with Crippen molar-refractivity contribution in [1.29, 1.82) is 0 Å². The average molecular weight is 305 g/mol. The van der Waals surface area contributed by atoms with Crippen LogP contribution in [0.5, 0.6) is 0 Å². The molecular formula is C12H13F2NO4S. The Morgan fingerprint density at radius 3 is 2.40 bits per heavy atom. The Kier molecular flexibility index (Phi) is 3.79. The van der Waals surface area contributed by atoms with Crippen LogP contribution in [-0.2, 0) is 14.8 Å². The number of hydrogen-bond acceptors (Lipinski definition) is 3. The minimum absolute atomic E-state index is 0.260. The molecule has 0 saturated heterocycles. The molecule has 0 bridgehead atoms. The van der Waals surface area contributed by atoms with Gasteiger partial charge in [0.1, 0.15) is 0 Å². The van der Waals surface area contributed by atoms with Gasteiger partial charge in [0.25, 0.3) is 0 Å². The lowest BCUT2D eigenvalue weighted by Gasteiger charge is -2.37. The highest BCUT2D eigenvalue weighted by Gasteiger charge is 2.45. The van der Waals surface area contributed by atoms with E-state index in [9.17, 15) is 22.0 Å². The third-order valence-corrected chi connectivity index (χ3v) is 4.97. The van der Waals surface area contributed by atoms with Crippen molar-refractivity contribution in [2.75, 3.05) is 6.54 Å². The van der Waals surface area contributed by atoms with Crippen molar-refractivity contribution in [3.63, 3.8) is 0 Å². The lowest BCUT2D eigenvalue weighted by Crippen LogP contribution is -2.47. The van der Waals surface area contributed by atoms with Crippen molar-refractivity contribution >= 4 is 16.0 Å². The van der Waals surface area contributed by atoms with Gasteiger partial charge in [-0.25, -0.2) is 21.9 Å². The van der Waals surface area contributed by atoms with Gasteiger partial charge in [-0.2, -0.15) is 0 Å². The van der Waals surface area contributed by atoms with E-state index < -0.39 is 37.9 Å². The normalized spacial score (nSPS) is 17.5. The number of nitrogens with one attached hydrogen (secondary N) is 1. The number of carboxylic acids is 1. The topological polar surface area (TPSA) is 83.5 Å². The fraction of sp³-hybridized carbons (Fsp3) is 0.417. The lowest BCUT2D eigenvalue weighted by atomic mass is 9.69. The Hall–Kier alpha value is -1.54. The van der Waals surface area contributed by atoms with Crippen LogP contribution in [-0.4, -0.2) is 26.0 Å². The van der Waals surface area contributed by atoms with E-state index in [0.29, 0.717) is 25.0 Å². The van der Waals surface area contributed by atoms with Gasteiger partial charge in [0.15, 0.2) is 11.6 Å². The van der Waals surface area contributed by atoms with E-state index in [0.717, 1.165) is 12.5 Å². The summed E-state index contributed by atoms with van der Waals surface area (Å²) in [6.45, 7) is -0.260. The summed E-state index contributed by atoms with van der Waals surface area (Å²) in [7, 11) is -4.06. The number of aliphatic carboxylic acids is 1. The van der Waals surface area contributed by atoms with Gasteiger partial charge in [-0.1, -0.05) is 6.42 Å². The molecule has 0 unspecified atom stereocenters. The maximum atomic E-state index is 13.0. The lowest BCUT2D eigenvalue weighted by molar-refractivity contribution is -0.153. The quantitative estimate of drug-likeness (QED) is 0.863. The highest BCUT2D eigenvalue weighted by atomic mass is 32.2. The largest absolute Gasteiger partial charge is 0.481 e. The summed E-state index contributed by atoms with van der Waals surface area (Å²) in [6, 6.07) is 2.20. The summed E-state index contributed by atoms with van der Waals surface area (Å²) in [5.74, 6) is -3.48. The number of rotatable bonds is 5. The Bertz CT molecular complexity index is 641. The van der Waals surface area contributed by atoms with E-state index in [4.69, 9.17) is 5.11 Å². The van der Waals surface area contributed by atoms with Crippen molar-refractivity contribution in [1.82, 2.24) is 4.72 Å². The second-order valence-electron chi connectivity index (χ2n) is 4.84. The molecule has 1 aromatic carbocycles. The van der Waals surface area contributed by atoms with Crippen LogP contribution in [0.4, 0.5) is 8.78 Å². The highest BCUT2D eigenvalue weighted by molar-refractivity contribution is 7.89. The number of carboxylic acid groups (broad SMARTS) is 1. The van der Waals surface area contributed by atoms with Gasteiger partial charge in [0.2, 0.25) is 10.0 Å². The van der Waals surface area contributed by atoms with Crippen molar-refractivity contribution in [3.05, 3.63) is 29.8 Å². The van der Waals surface area contributed by atoms with Gasteiger partial charge in [-0.3, -0.25) is 4.79 Å². The molecular weight excluding hydrogens is 292 g/mol. The maximum absolute atomic E-state index is 13.0. The molecule has 0 amide bonds. The number of sulfonamides is 1. The molecule has 0 spiro atoms. The van der Waals surface area contributed by atoms with Crippen LogP contribution in [0, 0.1) is 17.0 Å². The predicted octanol–water partition coefficient (Wildman–Crippen LogP) is 1.50. The molecule has 8 heteroatoms. The standard InChI is InChI=1S/C12H13F2NO4S/c13-9-3-2-8(6-10(9)14)20(18,19)15-7-12(11(16)17)4-1-5-12/h2-3,6,15H,1,4-5,7H2,(H,16,17). The van der Waals surface area contributed by atoms with Crippen LogP contribution < -0.4 is 4.72 Å². The van der Waals surface area contributed by atoms with Gasteiger partial charge in [0, 0.05) is 6.54 Å². The molecule has 2 rings (SSSR count). The summed E-state index contributed by atoms with van der Waals surface area (Å²) in [6.07, 6.45) is 1.50. The third kappa shape index (κ3) is 2.66. The molecule has 0 aliphatic heterocycles. The summed E-state index contributed by atoms with van der Waals surface area (Å²) in [4.78, 5) is 10.7. The van der Waals surface area contributed by atoms with Crippen LogP contribution >= 0.6 is 0 Å². The van der Waals surface area contributed by atoms with Crippen molar-refractivity contribution in [3.8, 4) is 0 Å². The monoisotopic (exact) mass is 305 g/mol. The molecule has 110 valence electrons. The zero-order chi connectivity index (χ0) is 15.0. The molecule has 5 nitrogen and oxygen atoms in total. The van der Waals surface area contributed by atoms with Crippen molar-refractivity contribution < 1.29 is 27.1 Å². The SMILES string of the molecule is O=C(O)C1(CNS(=O)(=O)c2ccc(F)c(F)c2)CCC1. The van der Waals surface area contributed by atoms with E-state index in [2.05, 4.69) is 4.72 Å². The Labute approximate surface area is 114 Å².